The quantitative estimate of drug-likeness (QED) is 0.890. The Bertz CT molecular complexity index is 710. The molecule has 0 fully saturated rings. The molecule has 1 aromatic carbocycles. The van der Waals surface area contributed by atoms with Crippen LogP contribution in [-0.2, 0) is 5.41 Å². The fourth-order valence-corrected chi connectivity index (χ4v) is 1.94. The van der Waals surface area contributed by atoms with E-state index in [0.29, 0.717) is 11.5 Å². The van der Waals surface area contributed by atoms with E-state index in [2.05, 4.69) is 36.1 Å². The summed E-state index contributed by atoms with van der Waals surface area (Å²) >= 11 is 0. The number of H-pyrrole nitrogens is 1. The lowest BCUT2D eigenvalue weighted by Gasteiger charge is -2.19. The van der Waals surface area contributed by atoms with Gasteiger partial charge in [0.1, 0.15) is 11.5 Å². The van der Waals surface area contributed by atoms with Crippen molar-refractivity contribution in [1.82, 2.24) is 9.97 Å². The Hall–Kier alpha value is -2.43. The van der Waals surface area contributed by atoms with Crippen molar-refractivity contribution in [3.63, 3.8) is 0 Å². The zero-order valence-electron chi connectivity index (χ0n) is 12.7. The molecule has 0 atom stereocenters. The molecule has 2 aromatic rings. The first kappa shape index (κ1) is 15.0. The fourth-order valence-electron chi connectivity index (χ4n) is 1.94. The van der Waals surface area contributed by atoms with Crippen LogP contribution in [0.1, 0.15) is 42.6 Å². The van der Waals surface area contributed by atoms with Crippen LogP contribution in [0.3, 0.4) is 0 Å². The average molecular weight is 285 g/mol. The third-order valence-corrected chi connectivity index (χ3v) is 3.10. The third-order valence-electron chi connectivity index (χ3n) is 3.10. The van der Waals surface area contributed by atoms with Gasteiger partial charge >= 0.3 is 0 Å². The highest BCUT2D eigenvalue weighted by Gasteiger charge is 2.14. The monoisotopic (exact) mass is 285 g/mol. The topological polar surface area (TPSA) is 74.8 Å². The van der Waals surface area contributed by atoms with Crippen molar-refractivity contribution in [3.05, 3.63) is 57.8 Å². The molecule has 0 aliphatic carbocycles. The minimum absolute atomic E-state index is 0.0634. The van der Waals surface area contributed by atoms with Crippen LogP contribution in [0.5, 0.6) is 0 Å². The Morgan fingerprint density at radius 3 is 2.33 bits per heavy atom. The molecule has 0 spiro atoms. The van der Waals surface area contributed by atoms with Gasteiger partial charge in [-0.3, -0.25) is 9.59 Å². The Kier molecular flexibility index (Phi) is 3.93. The van der Waals surface area contributed by atoms with E-state index in [4.69, 9.17) is 0 Å². The number of aromatic amines is 1. The molecule has 0 unspecified atom stereocenters. The fraction of sp³-hybridized carbons (Fsp3) is 0.312. The minimum atomic E-state index is -0.396. The van der Waals surface area contributed by atoms with E-state index < -0.39 is 5.91 Å². The van der Waals surface area contributed by atoms with Crippen LogP contribution >= 0.6 is 0 Å². The van der Waals surface area contributed by atoms with Crippen molar-refractivity contribution in [2.24, 2.45) is 0 Å². The second kappa shape index (κ2) is 5.52. The van der Waals surface area contributed by atoms with Gasteiger partial charge in [0.2, 0.25) is 0 Å². The number of hydrogen-bond donors (Lipinski definition) is 2. The lowest BCUT2D eigenvalue weighted by atomic mass is 9.87. The molecule has 2 N–H and O–H groups in total. The van der Waals surface area contributed by atoms with Gasteiger partial charge in [-0.25, -0.2) is 4.98 Å². The van der Waals surface area contributed by atoms with E-state index in [-0.39, 0.29) is 16.7 Å². The highest BCUT2D eigenvalue weighted by molar-refractivity contribution is 6.02. The largest absolute Gasteiger partial charge is 0.321 e. The standard InChI is InChI=1S/C16H19N3O2/c1-10-17-13(9-14(20)18-10)15(21)19-12-7-5-11(6-8-12)16(2,3)4/h5-9H,1-4H3,(H,19,21)(H,17,18,20). The number of nitrogens with zero attached hydrogens (tertiary/aromatic N) is 1. The summed E-state index contributed by atoms with van der Waals surface area (Å²) in [4.78, 5) is 29.9. The molecule has 1 amide bonds. The smallest absolute Gasteiger partial charge is 0.274 e. The van der Waals surface area contributed by atoms with E-state index >= 15 is 0 Å². The number of nitrogens with one attached hydrogen (secondary N) is 2. The molecule has 2 rings (SSSR count). The summed E-state index contributed by atoms with van der Waals surface area (Å²) < 4.78 is 0. The van der Waals surface area contributed by atoms with Crippen LogP contribution in [0.2, 0.25) is 0 Å². The molecule has 5 heteroatoms. The van der Waals surface area contributed by atoms with Gasteiger partial charge in [0, 0.05) is 11.8 Å². The molecule has 0 saturated heterocycles. The number of rotatable bonds is 2. The lowest BCUT2D eigenvalue weighted by molar-refractivity contribution is 0.102. The second-order valence-electron chi connectivity index (χ2n) is 6.00. The Morgan fingerprint density at radius 2 is 1.81 bits per heavy atom. The van der Waals surface area contributed by atoms with Crippen molar-refractivity contribution in [2.45, 2.75) is 33.1 Å². The first-order chi connectivity index (χ1) is 9.75. The van der Waals surface area contributed by atoms with Gasteiger partial charge in [-0.15, -0.1) is 0 Å². The van der Waals surface area contributed by atoms with Crippen LogP contribution in [0.25, 0.3) is 0 Å². The van der Waals surface area contributed by atoms with E-state index in [1.807, 2.05) is 24.3 Å². The summed E-state index contributed by atoms with van der Waals surface area (Å²) in [6.45, 7) is 8.02. The molecule has 0 aliphatic heterocycles. The van der Waals surface area contributed by atoms with Gasteiger partial charge < -0.3 is 10.3 Å². The SMILES string of the molecule is Cc1nc(C(=O)Nc2ccc(C(C)(C)C)cc2)cc(=O)[nH]1. The Balaban J connectivity index is 2.18. The van der Waals surface area contributed by atoms with Gasteiger partial charge in [0.15, 0.2) is 0 Å². The predicted octanol–water partition coefficient (Wildman–Crippen LogP) is 2.63. The van der Waals surface area contributed by atoms with Gasteiger partial charge in [-0.2, -0.15) is 0 Å². The summed E-state index contributed by atoms with van der Waals surface area (Å²) in [5, 5.41) is 2.74. The van der Waals surface area contributed by atoms with E-state index in [1.165, 1.54) is 11.6 Å². The molecule has 110 valence electrons. The molecule has 0 radical (unpaired) electrons. The number of anilines is 1. The van der Waals surface area contributed by atoms with Crippen LogP contribution in [0.4, 0.5) is 5.69 Å². The van der Waals surface area contributed by atoms with Crippen LogP contribution in [0.15, 0.2) is 35.1 Å². The molecule has 1 aromatic heterocycles. The third kappa shape index (κ3) is 3.78. The number of hydrogen-bond acceptors (Lipinski definition) is 3. The molecule has 0 bridgehead atoms. The molecular weight excluding hydrogens is 266 g/mol. The maximum absolute atomic E-state index is 12.1. The van der Waals surface area contributed by atoms with Crippen LogP contribution in [-0.4, -0.2) is 15.9 Å². The number of benzene rings is 1. The lowest BCUT2D eigenvalue weighted by Crippen LogP contribution is -2.19. The summed E-state index contributed by atoms with van der Waals surface area (Å²) in [6, 6.07) is 8.83. The summed E-state index contributed by atoms with van der Waals surface area (Å²) in [5.41, 5.74) is 1.69. The first-order valence-electron chi connectivity index (χ1n) is 6.75. The predicted molar refractivity (Wildman–Crippen MR) is 82.7 cm³/mol. The van der Waals surface area contributed by atoms with Crippen molar-refractivity contribution < 1.29 is 4.79 Å². The maximum Gasteiger partial charge on any atom is 0.274 e. The Labute approximate surface area is 123 Å². The van der Waals surface area contributed by atoms with Crippen molar-refractivity contribution in [3.8, 4) is 0 Å². The summed E-state index contributed by atoms with van der Waals surface area (Å²) in [5.74, 6) is 0.0171. The van der Waals surface area contributed by atoms with E-state index in [9.17, 15) is 9.59 Å². The van der Waals surface area contributed by atoms with E-state index in [1.54, 1.807) is 6.92 Å². The number of carbonyl (C=O) groups is 1. The highest BCUT2D eigenvalue weighted by Crippen LogP contribution is 2.23. The highest BCUT2D eigenvalue weighted by atomic mass is 16.2. The maximum atomic E-state index is 12.1. The van der Waals surface area contributed by atoms with Crippen molar-refractivity contribution in [2.75, 3.05) is 5.32 Å². The summed E-state index contributed by atoms with van der Waals surface area (Å²) in [6.07, 6.45) is 0. The first-order valence-corrected chi connectivity index (χ1v) is 6.75. The molecular formula is C16H19N3O2. The molecule has 0 aliphatic rings. The minimum Gasteiger partial charge on any atom is -0.321 e. The van der Waals surface area contributed by atoms with Gasteiger partial charge in [-0.05, 0) is 30.0 Å². The van der Waals surface area contributed by atoms with Crippen LogP contribution in [0, 0.1) is 6.92 Å². The number of amides is 1. The zero-order chi connectivity index (χ0) is 15.6. The normalized spacial score (nSPS) is 11.2. The van der Waals surface area contributed by atoms with Crippen LogP contribution < -0.4 is 10.9 Å². The molecule has 0 saturated carbocycles. The second-order valence-corrected chi connectivity index (χ2v) is 6.00. The van der Waals surface area contributed by atoms with Crippen molar-refractivity contribution >= 4 is 11.6 Å². The number of aryl methyl sites for hydroxylation is 1. The average Bonchev–Trinajstić information content (AvgIpc) is 2.37. The van der Waals surface area contributed by atoms with Gasteiger partial charge in [-0.1, -0.05) is 32.9 Å². The van der Waals surface area contributed by atoms with Gasteiger partial charge in [0.25, 0.3) is 11.5 Å². The number of carbonyl (C=O) groups excluding carboxylic acids is 1. The molecule has 5 nitrogen and oxygen atoms in total. The van der Waals surface area contributed by atoms with Crippen molar-refractivity contribution in [1.29, 1.82) is 0 Å². The summed E-state index contributed by atoms with van der Waals surface area (Å²) in [7, 11) is 0. The zero-order valence-corrected chi connectivity index (χ0v) is 12.7. The number of aromatic nitrogens is 2. The van der Waals surface area contributed by atoms with E-state index in [0.717, 1.165) is 0 Å². The van der Waals surface area contributed by atoms with Gasteiger partial charge in [0.05, 0.1) is 0 Å². The Morgan fingerprint density at radius 1 is 1.19 bits per heavy atom. The molecule has 1 heterocycles. The molecule has 21 heavy (non-hydrogen) atoms.